The SMILES string of the molecule is O=C(Cc1cccc(F)c1)Nc1ccc(-n2cnnn2)cc1. The monoisotopic (exact) mass is 297 g/mol. The Morgan fingerprint density at radius 1 is 1.18 bits per heavy atom. The van der Waals surface area contributed by atoms with E-state index in [9.17, 15) is 9.18 Å². The molecule has 6 nitrogen and oxygen atoms in total. The maximum atomic E-state index is 13.1. The number of nitrogens with one attached hydrogen (secondary N) is 1. The van der Waals surface area contributed by atoms with Gasteiger partial charge in [0.25, 0.3) is 0 Å². The number of rotatable bonds is 4. The summed E-state index contributed by atoms with van der Waals surface area (Å²) in [6.07, 6.45) is 1.60. The largest absolute Gasteiger partial charge is 0.326 e. The minimum Gasteiger partial charge on any atom is -0.326 e. The number of benzene rings is 2. The van der Waals surface area contributed by atoms with E-state index in [1.807, 2.05) is 0 Å². The van der Waals surface area contributed by atoms with E-state index >= 15 is 0 Å². The number of hydrogen-bond donors (Lipinski definition) is 1. The molecule has 110 valence electrons. The summed E-state index contributed by atoms with van der Waals surface area (Å²) in [7, 11) is 0. The number of tetrazole rings is 1. The molecule has 3 aromatic rings. The Morgan fingerprint density at radius 2 is 2.00 bits per heavy atom. The van der Waals surface area contributed by atoms with Crippen LogP contribution in [0.4, 0.5) is 10.1 Å². The zero-order valence-electron chi connectivity index (χ0n) is 11.5. The Hall–Kier alpha value is -3.09. The van der Waals surface area contributed by atoms with Crippen molar-refractivity contribution in [1.82, 2.24) is 20.2 Å². The first-order chi connectivity index (χ1) is 10.7. The third kappa shape index (κ3) is 3.32. The van der Waals surface area contributed by atoms with Gasteiger partial charge in [-0.2, -0.15) is 0 Å². The van der Waals surface area contributed by atoms with Crippen LogP contribution in [0.1, 0.15) is 5.56 Å². The molecule has 1 amide bonds. The van der Waals surface area contributed by atoms with Crippen LogP contribution in [0.15, 0.2) is 54.9 Å². The zero-order valence-corrected chi connectivity index (χ0v) is 11.5. The smallest absolute Gasteiger partial charge is 0.228 e. The van der Waals surface area contributed by atoms with E-state index in [0.717, 1.165) is 5.69 Å². The van der Waals surface area contributed by atoms with Crippen molar-refractivity contribution in [1.29, 1.82) is 0 Å². The van der Waals surface area contributed by atoms with Crippen molar-refractivity contribution >= 4 is 11.6 Å². The predicted octanol–water partition coefficient (Wildman–Crippen LogP) is 1.98. The van der Waals surface area contributed by atoms with Crippen LogP contribution < -0.4 is 5.32 Å². The van der Waals surface area contributed by atoms with Gasteiger partial charge in [-0.15, -0.1) is 5.10 Å². The Labute approximate surface area is 125 Å². The number of nitrogens with zero attached hydrogens (tertiary/aromatic N) is 4. The molecule has 0 saturated heterocycles. The van der Waals surface area contributed by atoms with Crippen LogP contribution in [-0.4, -0.2) is 26.1 Å². The number of halogens is 1. The fourth-order valence-corrected chi connectivity index (χ4v) is 2.01. The van der Waals surface area contributed by atoms with Crippen LogP contribution in [0.2, 0.25) is 0 Å². The molecular weight excluding hydrogens is 285 g/mol. The summed E-state index contributed by atoms with van der Waals surface area (Å²) in [6.45, 7) is 0. The quantitative estimate of drug-likeness (QED) is 0.799. The Kier molecular flexibility index (Phi) is 3.86. The molecule has 0 aliphatic heterocycles. The summed E-state index contributed by atoms with van der Waals surface area (Å²) in [6, 6.07) is 13.1. The highest BCUT2D eigenvalue weighted by Crippen LogP contribution is 2.13. The van der Waals surface area contributed by atoms with Gasteiger partial charge in [0.2, 0.25) is 5.91 Å². The van der Waals surface area contributed by atoms with E-state index in [1.165, 1.54) is 23.1 Å². The number of aromatic nitrogens is 4. The summed E-state index contributed by atoms with van der Waals surface area (Å²) >= 11 is 0. The van der Waals surface area contributed by atoms with Crippen LogP contribution in [0.25, 0.3) is 5.69 Å². The third-order valence-electron chi connectivity index (χ3n) is 3.02. The minimum atomic E-state index is -0.351. The Bertz CT molecular complexity index is 771. The Balaban J connectivity index is 1.64. The second-order valence-electron chi connectivity index (χ2n) is 4.66. The molecule has 1 heterocycles. The fraction of sp³-hybridized carbons (Fsp3) is 0.0667. The lowest BCUT2D eigenvalue weighted by Gasteiger charge is -2.06. The molecule has 0 unspecified atom stereocenters. The van der Waals surface area contributed by atoms with Crippen LogP contribution in [-0.2, 0) is 11.2 Å². The first kappa shape index (κ1) is 13.9. The molecule has 1 aromatic heterocycles. The van der Waals surface area contributed by atoms with Crippen LogP contribution in [0.5, 0.6) is 0 Å². The van der Waals surface area contributed by atoms with Gasteiger partial charge in [0.15, 0.2) is 0 Å². The normalized spacial score (nSPS) is 10.4. The van der Waals surface area contributed by atoms with Gasteiger partial charge >= 0.3 is 0 Å². The number of anilines is 1. The first-order valence-electron chi connectivity index (χ1n) is 6.58. The predicted molar refractivity (Wildman–Crippen MR) is 77.9 cm³/mol. The van der Waals surface area contributed by atoms with E-state index in [2.05, 4.69) is 20.8 Å². The highest BCUT2D eigenvalue weighted by atomic mass is 19.1. The van der Waals surface area contributed by atoms with Crippen molar-refractivity contribution in [3.63, 3.8) is 0 Å². The van der Waals surface area contributed by atoms with Gasteiger partial charge in [-0.3, -0.25) is 4.79 Å². The van der Waals surface area contributed by atoms with Gasteiger partial charge in [0.1, 0.15) is 12.1 Å². The molecule has 0 bridgehead atoms. The molecule has 0 fully saturated rings. The van der Waals surface area contributed by atoms with Crippen molar-refractivity contribution in [2.75, 3.05) is 5.32 Å². The van der Waals surface area contributed by atoms with Gasteiger partial charge < -0.3 is 5.32 Å². The number of hydrogen-bond acceptors (Lipinski definition) is 4. The zero-order chi connectivity index (χ0) is 15.4. The van der Waals surface area contributed by atoms with E-state index in [-0.39, 0.29) is 18.1 Å². The molecule has 0 spiro atoms. The molecule has 3 rings (SSSR count). The highest BCUT2D eigenvalue weighted by molar-refractivity contribution is 5.92. The second kappa shape index (κ2) is 6.13. The van der Waals surface area contributed by atoms with Crippen molar-refractivity contribution in [2.24, 2.45) is 0 Å². The lowest BCUT2D eigenvalue weighted by atomic mass is 10.1. The molecule has 0 atom stereocenters. The summed E-state index contributed by atoms with van der Waals surface area (Å²) in [5, 5.41) is 13.6. The summed E-state index contributed by atoms with van der Waals surface area (Å²) in [5.74, 6) is -0.558. The molecule has 2 aromatic carbocycles. The number of amides is 1. The summed E-state index contributed by atoms with van der Waals surface area (Å²) in [5.41, 5.74) is 2.06. The van der Waals surface area contributed by atoms with E-state index in [1.54, 1.807) is 36.4 Å². The van der Waals surface area contributed by atoms with Crippen molar-refractivity contribution < 1.29 is 9.18 Å². The summed E-state index contributed by atoms with van der Waals surface area (Å²) in [4.78, 5) is 11.9. The van der Waals surface area contributed by atoms with Gasteiger partial charge in [-0.1, -0.05) is 12.1 Å². The molecule has 0 aliphatic rings. The average Bonchev–Trinajstić information content (AvgIpc) is 3.02. The van der Waals surface area contributed by atoms with Crippen molar-refractivity contribution in [3.8, 4) is 5.69 Å². The minimum absolute atomic E-state index is 0.118. The van der Waals surface area contributed by atoms with Gasteiger partial charge in [0.05, 0.1) is 12.1 Å². The summed E-state index contributed by atoms with van der Waals surface area (Å²) < 4.78 is 14.6. The van der Waals surface area contributed by atoms with Crippen molar-refractivity contribution in [2.45, 2.75) is 6.42 Å². The topological polar surface area (TPSA) is 72.7 Å². The van der Waals surface area contributed by atoms with Crippen LogP contribution >= 0.6 is 0 Å². The molecule has 1 N–H and O–H groups in total. The molecule has 0 radical (unpaired) electrons. The van der Waals surface area contributed by atoms with E-state index in [4.69, 9.17) is 0 Å². The molecular formula is C15H12FN5O. The first-order valence-corrected chi connectivity index (χ1v) is 6.58. The maximum Gasteiger partial charge on any atom is 0.228 e. The third-order valence-corrected chi connectivity index (χ3v) is 3.02. The van der Waals surface area contributed by atoms with Crippen LogP contribution in [0, 0.1) is 5.82 Å². The Morgan fingerprint density at radius 3 is 2.68 bits per heavy atom. The van der Waals surface area contributed by atoms with E-state index in [0.29, 0.717) is 11.3 Å². The lowest BCUT2D eigenvalue weighted by Crippen LogP contribution is -2.14. The molecule has 0 aliphatic carbocycles. The number of carbonyl (C=O) groups is 1. The standard InChI is InChI=1S/C15H12FN5O/c16-12-3-1-2-11(8-12)9-15(22)18-13-4-6-14(7-5-13)21-10-17-19-20-21/h1-8,10H,9H2,(H,18,22). The molecule has 22 heavy (non-hydrogen) atoms. The molecule has 0 saturated carbocycles. The van der Waals surface area contributed by atoms with Gasteiger partial charge in [-0.25, -0.2) is 9.07 Å². The second-order valence-corrected chi connectivity index (χ2v) is 4.66. The number of carbonyl (C=O) groups excluding carboxylic acids is 1. The molecule has 7 heteroatoms. The van der Waals surface area contributed by atoms with Gasteiger partial charge in [-0.05, 0) is 52.4 Å². The fourth-order valence-electron chi connectivity index (χ4n) is 2.01. The van der Waals surface area contributed by atoms with Gasteiger partial charge in [0, 0.05) is 5.69 Å². The van der Waals surface area contributed by atoms with E-state index < -0.39 is 0 Å². The average molecular weight is 297 g/mol. The van der Waals surface area contributed by atoms with Crippen molar-refractivity contribution in [3.05, 3.63) is 66.2 Å². The lowest BCUT2D eigenvalue weighted by molar-refractivity contribution is -0.115. The highest BCUT2D eigenvalue weighted by Gasteiger charge is 2.05. The van der Waals surface area contributed by atoms with Crippen LogP contribution in [0.3, 0.4) is 0 Å². The maximum absolute atomic E-state index is 13.1.